The van der Waals surface area contributed by atoms with E-state index >= 15 is 0 Å². The van der Waals surface area contributed by atoms with E-state index in [1.807, 2.05) is 31.2 Å². The van der Waals surface area contributed by atoms with Crippen LogP contribution in [-0.4, -0.2) is 26.2 Å². The summed E-state index contributed by atoms with van der Waals surface area (Å²) >= 11 is 0. The van der Waals surface area contributed by atoms with Crippen molar-refractivity contribution in [2.45, 2.75) is 53.5 Å². The summed E-state index contributed by atoms with van der Waals surface area (Å²) in [6, 6.07) is 11.8. The summed E-state index contributed by atoms with van der Waals surface area (Å²) in [5, 5.41) is 2.90. The summed E-state index contributed by atoms with van der Waals surface area (Å²) in [5.74, 6) is 2.91. The van der Waals surface area contributed by atoms with Gasteiger partial charge in [0.1, 0.15) is 5.75 Å². The number of benzene rings is 2. The molecule has 30 heavy (non-hydrogen) atoms. The second kappa shape index (κ2) is 11.5. The van der Waals surface area contributed by atoms with Crippen LogP contribution in [0.3, 0.4) is 0 Å². The maximum absolute atomic E-state index is 12.3. The molecule has 164 valence electrons. The largest absolute Gasteiger partial charge is 0.493 e. The molecule has 0 aliphatic rings. The van der Waals surface area contributed by atoms with Crippen LogP contribution in [0.25, 0.3) is 0 Å². The zero-order valence-electron chi connectivity index (χ0n) is 19.1. The van der Waals surface area contributed by atoms with Crippen LogP contribution in [0.2, 0.25) is 0 Å². The van der Waals surface area contributed by atoms with Crippen LogP contribution in [0.15, 0.2) is 36.4 Å². The highest BCUT2D eigenvalue weighted by Gasteiger charge is 2.11. The normalized spacial score (nSPS) is 10.9. The van der Waals surface area contributed by atoms with Gasteiger partial charge in [0.15, 0.2) is 18.1 Å². The van der Waals surface area contributed by atoms with Gasteiger partial charge in [-0.05, 0) is 60.1 Å². The van der Waals surface area contributed by atoms with Crippen LogP contribution in [0, 0.1) is 12.8 Å². The minimum absolute atomic E-state index is 0.0172. The van der Waals surface area contributed by atoms with E-state index in [0.29, 0.717) is 30.7 Å². The number of nitrogens with one attached hydrogen (secondary N) is 1. The number of methoxy groups -OCH3 is 1. The molecule has 1 amide bonds. The van der Waals surface area contributed by atoms with E-state index in [1.165, 1.54) is 0 Å². The van der Waals surface area contributed by atoms with Crippen molar-refractivity contribution >= 4 is 5.91 Å². The monoisotopic (exact) mass is 413 g/mol. The molecule has 5 heteroatoms. The fourth-order valence-corrected chi connectivity index (χ4v) is 2.98. The second-order valence-electron chi connectivity index (χ2n) is 8.28. The van der Waals surface area contributed by atoms with E-state index in [2.05, 4.69) is 45.1 Å². The van der Waals surface area contributed by atoms with Gasteiger partial charge in [-0.25, -0.2) is 0 Å². The Kier molecular flexibility index (Phi) is 9.03. The molecule has 0 aromatic heterocycles. The molecule has 0 fully saturated rings. The number of ether oxygens (including phenoxy) is 3. The van der Waals surface area contributed by atoms with Gasteiger partial charge in [0.25, 0.3) is 5.91 Å². The number of carbonyl (C=O) groups is 1. The molecule has 2 rings (SSSR count). The number of hydrogen-bond acceptors (Lipinski definition) is 4. The van der Waals surface area contributed by atoms with E-state index < -0.39 is 0 Å². The molecule has 0 heterocycles. The molecular formula is C25H35NO4. The Balaban J connectivity index is 1.89. The predicted octanol–water partition coefficient (Wildman–Crippen LogP) is 5.25. The lowest BCUT2D eigenvalue weighted by Crippen LogP contribution is -2.28. The maximum atomic E-state index is 12.3. The van der Waals surface area contributed by atoms with Crippen LogP contribution in [0.4, 0.5) is 0 Å². The lowest BCUT2D eigenvalue weighted by atomic mass is 10.0. The number of amides is 1. The summed E-state index contributed by atoms with van der Waals surface area (Å²) in [6.07, 6.45) is 0.987. The molecular weight excluding hydrogens is 378 g/mol. The first-order valence-corrected chi connectivity index (χ1v) is 10.6. The molecule has 5 nitrogen and oxygen atoms in total. The molecule has 0 radical (unpaired) electrons. The van der Waals surface area contributed by atoms with Crippen molar-refractivity contribution in [3.8, 4) is 17.2 Å². The Morgan fingerprint density at radius 2 is 1.73 bits per heavy atom. The van der Waals surface area contributed by atoms with E-state index in [4.69, 9.17) is 14.2 Å². The van der Waals surface area contributed by atoms with Crippen molar-refractivity contribution in [3.63, 3.8) is 0 Å². The van der Waals surface area contributed by atoms with Crippen molar-refractivity contribution in [2.24, 2.45) is 5.92 Å². The molecule has 0 spiro atoms. The molecule has 2 aromatic rings. The molecule has 0 atom stereocenters. The maximum Gasteiger partial charge on any atom is 0.258 e. The number of rotatable bonds is 11. The first kappa shape index (κ1) is 23.6. The van der Waals surface area contributed by atoms with Gasteiger partial charge < -0.3 is 19.5 Å². The Morgan fingerprint density at radius 3 is 2.40 bits per heavy atom. The van der Waals surface area contributed by atoms with Gasteiger partial charge in [-0.2, -0.15) is 0 Å². The highest BCUT2D eigenvalue weighted by atomic mass is 16.5. The Bertz CT molecular complexity index is 830. The lowest BCUT2D eigenvalue weighted by Gasteiger charge is -2.15. The molecule has 0 aliphatic carbocycles. The molecule has 0 aliphatic heterocycles. The quantitative estimate of drug-likeness (QED) is 0.547. The minimum atomic E-state index is -0.164. The van der Waals surface area contributed by atoms with E-state index in [-0.39, 0.29) is 12.5 Å². The average Bonchev–Trinajstić information content (AvgIpc) is 2.70. The first-order chi connectivity index (χ1) is 14.3. The SMILES string of the molecule is COc1cc(CNC(=O)COc2cc(C)ccc2C(C)C)ccc1OCCC(C)C. The third kappa shape index (κ3) is 7.29. The summed E-state index contributed by atoms with van der Waals surface area (Å²) in [5.41, 5.74) is 3.15. The van der Waals surface area contributed by atoms with Gasteiger partial charge in [0, 0.05) is 6.54 Å². The molecule has 0 bridgehead atoms. The summed E-state index contributed by atoms with van der Waals surface area (Å²) in [4.78, 5) is 12.3. The molecule has 0 saturated carbocycles. The molecule has 2 aromatic carbocycles. The van der Waals surface area contributed by atoms with Crippen molar-refractivity contribution < 1.29 is 19.0 Å². The fraction of sp³-hybridized carbons (Fsp3) is 0.480. The summed E-state index contributed by atoms with van der Waals surface area (Å²) < 4.78 is 17.1. The standard InChI is InChI=1S/C25H35NO4/c1-17(2)11-12-29-22-10-8-20(14-24(22)28-6)15-26-25(27)16-30-23-13-19(5)7-9-21(23)18(3)4/h7-10,13-14,17-18H,11-12,15-16H2,1-6H3,(H,26,27). The second-order valence-corrected chi connectivity index (χ2v) is 8.28. The van der Waals surface area contributed by atoms with Crippen molar-refractivity contribution in [3.05, 3.63) is 53.1 Å². The Hall–Kier alpha value is -2.69. The molecule has 1 N–H and O–H groups in total. The van der Waals surface area contributed by atoms with Crippen LogP contribution >= 0.6 is 0 Å². The number of hydrogen-bond donors (Lipinski definition) is 1. The van der Waals surface area contributed by atoms with Crippen LogP contribution in [0.1, 0.15) is 56.7 Å². The van der Waals surface area contributed by atoms with Gasteiger partial charge in [0.05, 0.1) is 13.7 Å². The summed E-state index contributed by atoms with van der Waals surface area (Å²) in [6.45, 7) is 11.6. The zero-order valence-corrected chi connectivity index (χ0v) is 19.1. The van der Waals surface area contributed by atoms with Crippen LogP contribution < -0.4 is 19.5 Å². The Morgan fingerprint density at radius 1 is 0.967 bits per heavy atom. The van der Waals surface area contributed by atoms with Crippen molar-refractivity contribution in [1.29, 1.82) is 0 Å². The zero-order chi connectivity index (χ0) is 22.1. The van der Waals surface area contributed by atoms with Gasteiger partial charge in [0.2, 0.25) is 0 Å². The van der Waals surface area contributed by atoms with Gasteiger partial charge in [-0.15, -0.1) is 0 Å². The minimum Gasteiger partial charge on any atom is -0.493 e. The summed E-state index contributed by atoms with van der Waals surface area (Å²) in [7, 11) is 1.62. The van der Waals surface area contributed by atoms with E-state index in [0.717, 1.165) is 34.6 Å². The highest BCUT2D eigenvalue weighted by Crippen LogP contribution is 2.29. The molecule has 0 saturated heterocycles. The first-order valence-electron chi connectivity index (χ1n) is 10.6. The number of aryl methyl sites for hydroxylation is 1. The highest BCUT2D eigenvalue weighted by molar-refractivity contribution is 5.77. The number of carbonyl (C=O) groups excluding carboxylic acids is 1. The van der Waals surface area contributed by atoms with Crippen molar-refractivity contribution in [1.82, 2.24) is 5.32 Å². The Labute approximate surface area is 180 Å². The lowest BCUT2D eigenvalue weighted by molar-refractivity contribution is -0.123. The smallest absolute Gasteiger partial charge is 0.258 e. The molecule has 0 unspecified atom stereocenters. The topological polar surface area (TPSA) is 56.8 Å². The predicted molar refractivity (Wildman–Crippen MR) is 121 cm³/mol. The van der Waals surface area contributed by atoms with E-state index in [9.17, 15) is 4.79 Å². The third-order valence-corrected chi connectivity index (χ3v) is 4.82. The van der Waals surface area contributed by atoms with Crippen LogP contribution in [0.5, 0.6) is 17.2 Å². The third-order valence-electron chi connectivity index (χ3n) is 4.82. The fourth-order valence-electron chi connectivity index (χ4n) is 2.98. The van der Waals surface area contributed by atoms with Gasteiger partial charge in [-0.1, -0.05) is 45.9 Å². The van der Waals surface area contributed by atoms with Gasteiger partial charge in [-0.3, -0.25) is 4.79 Å². The average molecular weight is 414 g/mol. The van der Waals surface area contributed by atoms with E-state index in [1.54, 1.807) is 7.11 Å². The van der Waals surface area contributed by atoms with Gasteiger partial charge >= 0.3 is 0 Å². The van der Waals surface area contributed by atoms with Crippen molar-refractivity contribution in [2.75, 3.05) is 20.3 Å². The van der Waals surface area contributed by atoms with Crippen LogP contribution in [-0.2, 0) is 11.3 Å².